The number of hydrogen-bond donors (Lipinski definition) is 2. The highest BCUT2D eigenvalue weighted by Gasteiger charge is 2.39. The molecule has 0 spiro atoms. The van der Waals surface area contributed by atoms with Gasteiger partial charge >= 0.3 is 0 Å². The fraction of sp³-hybridized carbons (Fsp3) is 0.455. The van der Waals surface area contributed by atoms with Gasteiger partial charge in [-0.3, -0.25) is 29.3 Å². The molecule has 2 fully saturated rings. The third-order valence-electron chi connectivity index (χ3n) is 6.44. The number of nitrogens with one attached hydrogen (secondary N) is 2. The number of aryl methyl sites for hydroxylation is 1. The Hall–Kier alpha value is -3.04. The Kier molecular flexibility index (Phi) is 5.07. The van der Waals surface area contributed by atoms with Gasteiger partial charge in [-0.2, -0.15) is 5.10 Å². The number of benzene rings is 1. The van der Waals surface area contributed by atoms with Crippen LogP contribution < -0.4 is 10.6 Å². The van der Waals surface area contributed by atoms with Crippen molar-refractivity contribution in [1.29, 1.82) is 0 Å². The summed E-state index contributed by atoms with van der Waals surface area (Å²) < 4.78 is 1.82. The third-order valence-corrected chi connectivity index (χ3v) is 6.44. The summed E-state index contributed by atoms with van der Waals surface area (Å²) in [5.41, 5.74) is 3.85. The summed E-state index contributed by atoms with van der Waals surface area (Å²) in [6.07, 6.45) is 4.61. The van der Waals surface area contributed by atoms with Crippen LogP contribution in [0.3, 0.4) is 0 Å². The second kappa shape index (κ2) is 7.90. The van der Waals surface area contributed by atoms with Crippen molar-refractivity contribution in [2.24, 2.45) is 7.05 Å². The van der Waals surface area contributed by atoms with Crippen LogP contribution in [-0.2, 0) is 29.7 Å². The number of hydrogen-bond acceptors (Lipinski definition) is 6. The van der Waals surface area contributed by atoms with E-state index in [0.29, 0.717) is 18.5 Å². The molecule has 2 atom stereocenters. The van der Waals surface area contributed by atoms with E-state index in [1.54, 1.807) is 4.90 Å². The molecule has 3 aliphatic heterocycles. The molecule has 5 rings (SSSR count). The first kappa shape index (κ1) is 19.9. The van der Waals surface area contributed by atoms with Crippen LogP contribution in [0, 0.1) is 0 Å². The van der Waals surface area contributed by atoms with E-state index in [-0.39, 0.29) is 30.2 Å². The Morgan fingerprint density at radius 2 is 2.06 bits per heavy atom. The molecule has 9 nitrogen and oxygen atoms in total. The number of piperazine rings is 1. The first-order valence-corrected chi connectivity index (χ1v) is 10.7. The van der Waals surface area contributed by atoms with Crippen LogP contribution in [-0.4, -0.2) is 63.0 Å². The van der Waals surface area contributed by atoms with E-state index in [9.17, 15) is 14.4 Å². The molecule has 1 aromatic heterocycles. The first-order valence-electron chi connectivity index (χ1n) is 10.7. The highest BCUT2D eigenvalue weighted by molar-refractivity contribution is 6.05. The Morgan fingerprint density at radius 1 is 1.19 bits per heavy atom. The number of aromatic nitrogens is 2. The smallest absolute Gasteiger partial charge is 0.255 e. The lowest BCUT2D eigenvalue weighted by atomic mass is 10.0. The zero-order chi connectivity index (χ0) is 21.5. The minimum absolute atomic E-state index is 0.129. The molecule has 0 bridgehead atoms. The van der Waals surface area contributed by atoms with E-state index in [1.807, 2.05) is 30.1 Å². The summed E-state index contributed by atoms with van der Waals surface area (Å²) in [6.45, 7) is 3.84. The Balaban J connectivity index is 1.33. The van der Waals surface area contributed by atoms with Gasteiger partial charge in [-0.15, -0.1) is 0 Å². The van der Waals surface area contributed by atoms with E-state index in [0.717, 1.165) is 37.3 Å². The summed E-state index contributed by atoms with van der Waals surface area (Å²) in [5.74, 6) is -0.778. The SMILES string of the molecule is Cn1cc(C2CNCCN2Cc2ccc3c(c2)C(=O)N(C2CCC(=O)NC2=O)C3)cn1. The predicted octanol–water partition coefficient (Wildman–Crippen LogP) is 0.328. The number of rotatable bonds is 4. The van der Waals surface area contributed by atoms with Gasteiger partial charge in [0.1, 0.15) is 6.04 Å². The molecule has 3 amide bonds. The van der Waals surface area contributed by atoms with Crippen LogP contribution in [0.4, 0.5) is 0 Å². The van der Waals surface area contributed by atoms with Gasteiger partial charge in [0, 0.05) is 63.5 Å². The van der Waals surface area contributed by atoms with Gasteiger partial charge in [-0.1, -0.05) is 12.1 Å². The highest BCUT2D eigenvalue weighted by atomic mass is 16.2. The molecule has 1 aromatic carbocycles. The number of piperidine rings is 1. The van der Waals surface area contributed by atoms with Crippen molar-refractivity contribution in [3.63, 3.8) is 0 Å². The lowest BCUT2D eigenvalue weighted by Crippen LogP contribution is -2.52. The molecular weight excluding hydrogens is 396 g/mol. The molecule has 0 aliphatic carbocycles. The normalized spacial score (nSPS) is 24.4. The molecule has 2 unspecified atom stereocenters. The van der Waals surface area contributed by atoms with Crippen molar-refractivity contribution in [2.75, 3.05) is 19.6 Å². The fourth-order valence-electron chi connectivity index (χ4n) is 4.81. The van der Waals surface area contributed by atoms with Gasteiger partial charge in [0.05, 0.1) is 12.2 Å². The largest absolute Gasteiger partial charge is 0.322 e. The van der Waals surface area contributed by atoms with Crippen molar-refractivity contribution in [3.05, 3.63) is 52.8 Å². The number of nitrogens with zero attached hydrogens (tertiary/aromatic N) is 4. The summed E-state index contributed by atoms with van der Waals surface area (Å²) in [6, 6.07) is 5.68. The van der Waals surface area contributed by atoms with Gasteiger partial charge in [0.25, 0.3) is 5.91 Å². The van der Waals surface area contributed by atoms with E-state index >= 15 is 0 Å². The quantitative estimate of drug-likeness (QED) is 0.689. The monoisotopic (exact) mass is 422 g/mol. The maximum absolute atomic E-state index is 13.1. The van der Waals surface area contributed by atoms with Crippen molar-refractivity contribution >= 4 is 17.7 Å². The number of carbonyl (C=O) groups is 3. The predicted molar refractivity (Wildman–Crippen MR) is 112 cm³/mol. The summed E-state index contributed by atoms with van der Waals surface area (Å²) >= 11 is 0. The number of imide groups is 1. The average Bonchev–Trinajstić information content (AvgIpc) is 3.32. The van der Waals surface area contributed by atoms with E-state index < -0.39 is 6.04 Å². The minimum atomic E-state index is -0.579. The third kappa shape index (κ3) is 3.75. The maximum atomic E-state index is 13.1. The lowest BCUT2D eigenvalue weighted by molar-refractivity contribution is -0.136. The minimum Gasteiger partial charge on any atom is -0.322 e. The first-order chi connectivity index (χ1) is 15.0. The average molecular weight is 422 g/mol. The van der Waals surface area contributed by atoms with Gasteiger partial charge in [0.2, 0.25) is 11.8 Å². The highest BCUT2D eigenvalue weighted by Crippen LogP contribution is 2.30. The Bertz CT molecular complexity index is 1050. The molecule has 2 aromatic rings. The standard InChI is InChI=1S/C22H26N6O3/c1-26-12-16(9-24-26)19-10-23-6-7-27(19)11-14-2-3-15-13-28(22(31)17(15)8-14)18-4-5-20(29)25-21(18)30/h2-3,8-9,12,18-19,23H,4-7,10-11,13H2,1H3,(H,25,29,30). The molecular formula is C22H26N6O3. The van der Waals surface area contributed by atoms with Gasteiger partial charge in [0.15, 0.2) is 0 Å². The van der Waals surface area contributed by atoms with Crippen LogP contribution in [0.2, 0.25) is 0 Å². The molecule has 0 saturated carbocycles. The van der Waals surface area contributed by atoms with Crippen LogP contribution in [0.15, 0.2) is 30.6 Å². The van der Waals surface area contributed by atoms with Gasteiger partial charge < -0.3 is 10.2 Å². The second-order valence-corrected chi connectivity index (χ2v) is 8.53. The summed E-state index contributed by atoms with van der Waals surface area (Å²) in [7, 11) is 1.92. The summed E-state index contributed by atoms with van der Waals surface area (Å²) in [4.78, 5) is 40.8. The molecule has 3 aliphatic rings. The Morgan fingerprint density at radius 3 is 2.84 bits per heavy atom. The van der Waals surface area contributed by atoms with Crippen LogP contribution in [0.25, 0.3) is 0 Å². The molecule has 31 heavy (non-hydrogen) atoms. The summed E-state index contributed by atoms with van der Waals surface area (Å²) in [5, 5.41) is 10.1. The second-order valence-electron chi connectivity index (χ2n) is 8.53. The molecule has 2 N–H and O–H groups in total. The molecule has 4 heterocycles. The van der Waals surface area contributed by atoms with Crippen molar-refractivity contribution < 1.29 is 14.4 Å². The maximum Gasteiger partial charge on any atom is 0.255 e. The van der Waals surface area contributed by atoms with Gasteiger partial charge in [-0.05, 0) is 23.6 Å². The Labute approximate surface area is 180 Å². The molecule has 162 valence electrons. The zero-order valence-electron chi connectivity index (χ0n) is 17.5. The van der Waals surface area contributed by atoms with E-state index in [1.165, 1.54) is 5.56 Å². The lowest BCUT2D eigenvalue weighted by Gasteiger charge is -2.35. The van der Waals surface area contributed by atoms with E-state index in [4.69, 9.17) is 0 Å². The molecule has 2 saturated heterocycles. The number of fused-ring (bicyclic) bond motifs is 1. The van der Waals surface area contributed by atoms with Gasteiger partial charge in [-0.25, -0.2) is 0 Å². The van der Waals surface area contributed by atoms with Crippen LogP contribution >= 0.6 is 0 Å². The topological polar surface area (TPSA) is 99.6 Å². The van der Waals surface area contributed by atoms with Crippen LogP contribution in [0.1, 0.15) is 45.9 Å². The van der Waals surface area contributed by atoms with Crippen molar-refractivity contribution in [2.45, 2.75) is 38.0 Å². The fourth-order valence-corrected chi connectivity index (χ4v) is 4.81. The van der Waals surface area contributed by atoms with Crippen molar-refractivity contribution in [3.8, 4) is 0 Å². The molecule has 9 heteroatoms. The zero-order valence-corrected chi connectivity index (χ0v) is 17.5. The molecule has 0 radical (unpaired) electrons. The number of amides is 3. The number of carbonyl (C=O) groups excluding carboxylic acids is 3. The van der Waals surface area contributed by atoms with Crippen LogP contribution in [0.5, 0.6) is 0 Å². The van der Waals surface area contributed by atoms with E-state index in [2.05, 4.69) is 32.9 Å². The van der Waals surface area contributed by atoms with Crippen molar-refractivity contribution in [1.82, 2.24) is 30.2 Å².